The Hall–Kier alpha value is -0.433. The molecule has 3 atom stereocenters. The van der Waals surface area contributed by atoms with Crippen molar-refractivity contribution in [1.82, 2.24) is 0 Å². The van der Waals surface area contributed by atoms with Gasteiger partial charge in [-0.3, -0.25) is 0 Å². The molecule has 0 amide bonds. The lowest BCUT2D eigenvalue weighted by Gasteiger charge is -2.30. The van der Waals surface area contributed by atoms with E-state index in [1.807, 2.05) is 13.8 Å². The summed E-state index contributed by atoms with van der Waals surface area (Å²) in [7, 11) is -2.67. The van der Waals surface area contributed by atoms with Crippen LogP contribution in [-0.4, -0.2) is 38.7 Å². The van der Waals surface area contributed by atoms with Crippen LogP contribution in [0.15, 0.2) is 0 Å². The van der Waals surface area contributed by atoms with Gasteiger partial charge in [0.15, 0.2) is 6.10 Å². The van der Waals surface area contributed by atoms with Crippen LogP contribution in [0.5, 0.6) is 0 Å². The van der Waals surface area contributed by atoms with Crippen LogP contribution in [-0.2, 0) is 18.1 Å². The Morgan fingerprint density at radius 2 is 2.21 bits per heavy atom. The molecule has 2 heterocycles. The van der Waals surface area contributed by atoms with Crippen LogP contribution in [0, 0.1) is 0 Å². The number of hydrogen-bond acceptors (Lipinski definition) is 4. The van der Waals surface area contributed by atoms with Gasteiger partial charge in [0.05, 0.1) is 6.10 Å². The summed E-state index contributed by atoms with van der Waals surface area (Å²) in [5.74, 6) is -0.949. The third kappa shape index (κ3) is 1.38. The van der Waals surface area contributed by atoms with E-state index in [0.29, 0.717) is 13.0 Å². The summed E-state index contributed by atoms with van der Waals surface area (Å²) in [5.41, 5.74) is 0.120. The zero-order chi connectivity index (χ0) is 10.3. The molecule has 0 aliphatic carbocycles. The number of fused-ring (bicyclic) bond motifs is 2. The fraction of sp³-hybridized carbons (Fsp3) is 0.875. The molecule has 0 aromatic rings. The highest BCUT2D eigenvalue weighted by molar-refractivity contribution is 6.63. The Balaban J connectivity index is 2.20. The summed E-state index contributed by atoms with van der Waals surface area (Å²) in [6.45, 7) is 4.44. The molecule has 0 aromatic carbocycles. The Morgan fingerprint density at radius 3 is 2.71 bits per heavy atom. The SMILES string of the molecule is CC(C)[Si]12OCCC(O1)C(C(=O)O)O2. The highest BCUT2D eigenvalue weighted by Gasteiger charge is 2.60. The van der Waals surface area contributed by atoms with Crippen molar-refractivity contribution in [2.45, 2.75) is 38.0 Å². The summed E-state index contributed by atoms with van der Waals surface area (Å²) in [5, 5.41) is 8.92. The molecule has 0 saturated carbocycles. The fourth-order valence-corrected chi connectivity index (χ4v) is 4.54. The van der Waals surface area contributed by atoms with Gasteiger partial charge in [-0.2, -0.15) is 0 Å². The van der Waals surface area contributed by atoms with Crippen molar-refractivity contribution in [3.8, 4) is 0 Å². The van der Waals surface area contributed by atoms with E-state index in [4.69, 9.17) is 18.4 Å². The third-order valence-corrected chi connectivity index (χ3v) is 5.84. The van der Waals surface area contributed by atoms with E-state index in [1.54, 1.807) is 0 Å². The van der Waals surface area contributed by atoms with E-state index in [1.165, 1.54) is 0 Å². The smallest absolute Gasteiger partial charge is 0.479 e. The molecule has 14 heavy (non-hydrogen) atoms. The van der Waals surface area contributed by atoms with Crippen LogP contribution >= 0.6 is 0 Å². The zero-order valence-electron chi connectivity index (χ0n) is 8.23. The second kappa shape index (κ2) is 3.30. The lowest BCUT2D eigenvalue weighted by Crippen LogP contribution is -2.47. The van der Waals surface area contributed by atoms with E-state index < -0.39 is 20.9 Å². The molecule has 0 spiro atoms. The molecule has 2 aliphatic heterocycles. The van der Waals surface area contributed by atoms with E-state index in [9.17, 15) is 4.79 Å². The molecule has 0 aromatic heterocycles. The Labute approximate surface area is 83.3 Å². The summed E-state index contributed by atoms with van der Waals surface area (Å²) in [6.07, 6.45) is -0.528. The van der Waals surface area contributed by atoms with Gasteiger partial charge in [-0.15, -0.1) is 0 Å². The Morgan fingerprint density at radius 1 is 1.50 bits per heavy atom. The summed E-state index contributed by atoms with van der Waals surface area (Å²) < 4.78 is 16.7. The topological polar surface area (TPSA) is 65.0 Å². The number of aliphatic carboxylic acids is 1. The molecule has 0 radical (unpaired) electrons. The number of carboxylic acid groups (broad SMARTS) is 1. The third-order valence-electron chi connectivity index (χ3n) is 2.60. The van der Waals surface area contributed by atoms with E-state index >= 15 is 0 Å². The molecule has 2 rings (SSSR count). The Bertz CT molecular complexity index is 256. The molecular formula is C8H14O5Si. The average molecular weight is 218 g/mol. The maximum Gasteiger partial charge on any atom is 0.504 e. The minimum atomic E-state index is -2.67. The maximum atomic E-state index is 10.9. The first kappa shape index (κ1) is 10.1. The lowest BCUT2D eigenvalue weighted by atomic mass is 10.1. The molecule has 5 nitrogen and oxygen atoms in total. The molecule has 6 heteroatoms. The van der Waals surface area contributed by atoms with Crippen molar-refractivity contribution < 1.29 is 23.2 Å². The van der Waals surface area contributed by atoms with Crippen LogP contribution in [0.3, 0.4) is 0 Å². The van der Waals surface area contributed by atoms with Crippen molar-refractivity contribution in [3.05, 3.63) is 0 Å². The minimum absolute atomic E-state index is 0.120. The second-order valence-corrected chi connectivity index (χ2v) is 7.05. The number of carbonyl (C=O) groups is 1. The van der Waals surface area contributed by atoms with Crippen molar-refractivity contribution >= 4 is 14.8 Å². The van der Waals surface area contributed by atoms with E-state index in [0.717, 1.165) is 0 Å². The van der Waals surface area contributed by atoms with Gasteiger partial charge in [0, 0.05) is 12.1 Å². The Kier molecular flexibility index (Phi) is 2.38. The van der Waals surface area contributed by atoms with Gasteiger partial charge in [-0.05, 0) is 6.42 Å². The minimum Gasteiger partial charge on any atom is -0.479 e. The zero-order valence-corrected chi connectivity index (χ0v) is 9.23. The van der Waals surface area contributed by atoms with Gasteiger partial charge >= 0.3 is 14.8 Å². The van der Waals surface area contributed by atoms with Gasteiger partial charge in [0.2, 0.25) is 0 Å². The maximum absolute atomic E-state index is 10.9. The second-order valence-electron chi connectivity index (χ2n) is 3.93. The highest BCUT2D eigenvalue weighted by atomic mass is 28.4. The van der Waals surface area contributed by atoms with Gasteiger partial charge in [-0.1, -0.05) is 13.8 Å². The molecule has 2 saturated heterocycles. The number of hydrogen-bond donors (Lipinski definition) is 1. The first-order valence-corrected chi connectivity index (χ1v) is 6.58. The molecule has 2 fully saturated rings. The van der Waals surface area contributed by atoms with Crippen molar-refractivity contribution in [3.63, 3.8) is 0 Å². The monoisotopic (exact) mass is 218 g/mol. The van der Waals surface area contributed by atoms with Gasteiger partial charge in [0.25, 0.3) is 0 Å². The number of rotatable bonds is 2. The number of carboxylic acids is 1. The summed E-state index contributed by atoms with van der Waals surface area (Å²) in [4.78, 5) is 10.9. The van der Waals surface area contributed by atoms with Gasteiger partial charge < -0.3 is 18.4 Å². The molecule has 1 N–H and O–H groups in total. The first-order valence-electron chi connectivity index (χ1n) is 4.77. The van der Waals surface area contributed by atoms with Gasteiger partial charge in [-0.25, -0.2) is 4.79 Å². The summed E-state index contributed by atoms with van der Waals surface area (Å²) in [6, 6.07) is 0. The van der Waals surface area contributed by atoms with Gasteiger partial charge in [0.1, 0.15) is 0 Å². The van der Waals surface area contributed by atoms with Crippen molar-refractivity contribution in [1.29, 1.82) is 0 Å². The quantitative estimate of drug-likeness (QED) is 0.688. The van der Waals surface area contributed by atoms with E-state index in [2.05, 4.69) is 0 Å². The molecule has 3 unspecified atom stereocenters. The van der Waals surface area contributed by atoms with Crippen LogP contribution in [0.2, 0.25) is 5.54 Å². The molecule has 2 bridgehead atoms. The lowest BCUT2D eigenvalue weighted by molar-refractivity contribution is -0.146. The average Bonchev–Trinajstić information content (AvgIpc) is 2.39. The predicted octanol–water partition coefficient (Wildman–Crippen LogP) is 0.624. The van der Waals surface area contributed by atoms with Crippen LogP contribution in [0.4, 0.5) is 0 Å². The molecular weight excluding hydrogens is 204 g/mol. The highest BCUT2D eigenvalue weighted by Crippen LogP contribution is 2.39. The van der Waals surface area contributed by atoms with Crippen LogP contribution in [0.25, 0.3) is 0 Å². The molecule has 2 aliphatic rings. The van der Waals surface area contributed by atoms with Crippen LogP contribution < -0.4 is 0 Å². The van der Waals surface area contributed by atoms with Crippen molar-refractivity contribution in [2.24, 2.45) is 0 Å². The predicted molar refractivity (Wildman–Crippen MR) is 48.8 cm³/mol. The fourth-order valence-electron chi connectivity index (χ4n) is 1.80. The first-order chi connectivity index (χ1) is 6.55. The standard InChI is InChI=1S/C8H14O5Si/c1-5(2)14-11-4-3-6(12-14)7(13-14)8(9)10/h5-7H,3-4H2,1-2H3,(H,9,10). The normalized spacial score (nSPS) is 41.6. The van der Waals surface area contributed by atoms with Crippen molar-refractivity contribution in [2.75, 3.05) is 6.61 Å². The van der Waals surface area contributed by atoms with Crippen LogP contribution in [0.1, 0.15) is 20.3 Å². The summed E-state index contributed by atoms with van der Waals surface area (Å²) >= 11 is 0. The van der Waals surface area contributed by atoms with E-state index in [-0.39, 0.29) is 11.6 Å². The molecule has 80 valence electrons. The largest absolute Gasteiger partial charge is 0.504 e.